The average Bonchev–Trinajstić information content (AvgIpc) is 2.92. The number of benzene rings is 2. The topological polar surface area (TPSA) is 47.0 Å². The summed E-state index contributed by atoms with van der Waals surface area (Å²) >= 11 is 6.22. The molecule has 0 aliphatic rings. The molecule has 0 aliphatic heterocycles. The summed E-state index contributed by atoms with van der Waals surface area (Å²) in [6.07, 6.45) is 1.78. The van der Waals surface area contributed by atoms with Crippen LogP contribution in [0.4, 0.5) is 0 Å². The van der Waals surface area contributed by atoms with E-state index in [1.165, 1.54) is 0 Å². The summed E-state index contributed by atoms with van der Waals surface area (Å²) in [6.45, 7) is 4.47. The largest absolute Gasteiger partial charge is 0.492 e. The Labute approximate surface area is 139 Å². The molecule has 1 heterocycles. The van der Waals surface area contributed by atoms with Gasteiger partial charge in [0.1, 0.15) is 5.75 Å². The number of rotatable bonds is 4. The Hall–Kier alpha value is -2.46. The van der Waals surface area contributed by atoms with E-state index in [-0.39, 0.29) is 5.69 Å². The molecular formula is C18H17ClN2O2. The van der Waals surface area contributed by atoms with Gasteiger partial charge >= 0.3 is 5.69 Å². The number of nitrogens with zero attached hydrogens (tertiary/aromatic N) is 1. The summed E-state index contributed by atoms with van der Waals surface area (Å²) in [6, 6.07) is 13.3. The molecule has 118 valence electrons. The minimum Gasteiger partial charge on any atom is -0.492 e. The van der Waals surface area contributed by atoms with Gasteiger partial charge in [0.25, 0.3) is 0 Å². The Bertz CT molecular complexity index is 879. The van der Waals surface area contributed by atoms with E-state index in [2.05, 4.69) is 4.98 Å². The highest BCUT2D eigenvalue weighted by molar-refractivity contribution is 6.32. The number of imidazole rings is 1. The van der Waals surface area contributed by atoms with Gasteiger partial charge in [-0.05, 0) is 44.2 Å². The first-order valence-corrected chi connectivity index (χ1v) is 7.77. The predicted octanol–water partition coefficient (Wildman–Crippen LogP) is 4.19. The minimum atomic E-state index is -0.186. The number of hydrogen-bond donors (Lipinski definition) is 1. The molecule has 0 fully saturated rings. The lowest BCUT2D eigenvalue weighted by atomic mass is 10.1. The van der Waals surface area contributed by atoms with Gasteiger partial charge in [-0.2, -0.15) is 0 Å². The second-order valence-electron chi connectivity index (χ2n) is 5.26. The molecule has 1 aromatic heterocycles. The molecule has 0 aliphatic carbocycles. The van der Waals surface area contributed by atoms with Crippen molar-refractivity contribution in [3.63, 3.8) is 0 Å². The Morgan fingerprint density at radius 2 is 1.91 bits per heavy atom. The lowest BCUT2D eigenvalue weighted by Gasteiger charge is -2.06. The molecule has 3 aromatic rings. The average molecular weight is 329 g/mol. The van der Waals surface area contributed by atoms with E-state index in [0.717, 1.165) is 16.8 Å². The van der Waals surface area contributed by atoms with Crippen molar-refractivity contribution >= 4 is 11.6 Å². The zero-order valence-corrected chi connectivity index (χ0v) is 13.7. The summed E-state index contributed by atoms with van der Waals surface area (Å²) in [4.78, 5) is 15.1. The second kappa shape index (κ2) is 6.34. The van der Waals surface area contributed by atoms with E-state index in [0.29, 0.717) is 23.1 Å². The lowest BCUT2D eigenvalue weighted by molar-refractivity contribution is 0.340. The van der Waals surface area contributed by atoms with Crippen molar-refractivity contribution in [1.82, 2.24) is 9.55 Å². The van der Waals surface area contributed by atoms with Gasteiger partial charge in [-0.1, -0.05) is 29.3 Å². The van der Waals surface area contributed by atoms with Crippen molar-refractivity contribution in [1.29, 1.82) is 0 Å². The van der Waals surface area contributed by atoms with Crippen LogP contribution in [0.2, 0.25) is 5.02 Å². The number of nitrogens with one attached hydrogen (secondary N) is 1. The standard InChI is InChI=1S/C18H17ClN2O2/c1-3-23-17-9-6-13(10-15(17)19)16-11-21(18(22)20-16)14-7-4-12(2)5-8-14/h4-11H,3H2,1-2H3,(H,20,22). The van der Waals surface area contributed by atoms with E-state index >= 15 is 0 Å². The summed E-state index contributed by atoms with van der Waals surface area (Å²) < 4.78 is 7.01. The molecule has 23 heavy (non-hydrogen) atoms. The first-order chi connectivity index (χ1) is 11.1. The van der Waals surface area contributed by atoms with Crippen molar-refractivity contribution < 1.29 is 4.74 Å². The minimum absolute atomic E-state index is 0.186. The monoisotopic (exact) mass is 328 g/mol. The highest BCUT2D eigenvalue weighted by atomic mass is 35.5. The van der Waals surface area contributed by atoms with Gasteiger partial charge in [-0.15, -0.1) is 0 Å². The number of aryl methyl sites for hydroxylation is 1. The highest BCUT2D eigenvalue weighted by Crippen LogP contribution is 2.29. The van der Waals surface area contributed by atoms with Crippen LogP contribution in [0, 0.1) is 6.92 Å². The molecule has 2 aromatic carbocycles. The molecule has 3 rings (SSSR count). The van der Waals surface area contributed by atoms with Crippen LogP contribution >= 0.6 is 11.6 Å². The predicted molar refractivity (Wildman–Crippen MR) is 92.7 cm³/mol. The smallest absolute Gasteiger partial charge is 0.330 e. The van der Waals surface area contributed by atoms with Crippen molar-refractivity contribution in [3.05, 3.63) is 69.7 Å². The molecule has 1 N–H and O–H groups in total. The molecule has 0 saturated heterocycles. The van der Waals surface area contributed by atoms with Gasteiger partial charge in [0.15, 0.2) is 0 Å². The van der Waals surface area contributed by atoms with E-state index in [9.17, 15) is 4.79 Å². The van der Waals surface area contributed by atoms with Crippen LogP contribution < -0.4 is 10.4 Å². The quantitative estimate of drug-likeness (QED) is 0.780. The molecule has 0 bridgehead atoms. The van der Waals surface area contributed by atoms with Crippen molar-refractivity contribution in [2.45, 2.75) is 13.8 Å². The molecule has 0 saturated carbocycles. The first-order valence-electron chi connectivity index (χ1n) is 7.40. The first kappa shape index (κ1) is 15.4. The van der Waals surface area contributed by atoms with Crippen LogP contribution in [0.5, 0.6) is 5.75 Å². The number of aromatic amines is 1. The molecule has 0 amide bonds. The molecule has 0 spiro atoms. The van der Waals surface area contributed by atoms with Crippen LogP contribution in [0.3, 0.4) is 0 Å². The molecule has 0 unspecified atom stereocenters. The van der Waals surface area contributed by atoms with Gasteiger partial charge < -0.3 is 9.72 Å². The third-order valence-electron chi connectivity index (χ3n) is 3.57. The van der Waals surface area contributed by atoms with Gasteiger partial charge in [0.2, 0.25) is 0 Å². The van der Waals surface area contributed by atoms with Crippen molar-refractivity contribution in [2.75, 3.05) is 6.61 Å². The lowest BCUT2D eigenvalue weighted by Crippen LogP contribution is -2.13. The van der Waals surface area contributed by atoms with Crippen molar-refractivity contribution in [3.8, 4) is 22.7 Å². The molecule has 5 heteroatoms. The van der Waals surface area contributed by atoms with Crippen LogP contribution in [-0.2, 0) is 0 Å². The van der Waals surface area contributed by atoms with Gasteiger partial charge in [0.05, 0.1) is 23.0 Å². The third-order valence-corrected chi connectivity index (χ3v) is 3.87. The second-order valence-corrected chi connectivity index (χ2v) is 5.66. The highest BCUT2D eigenvalue weighted by Gasteiger charge is 2.09. The van der Waals surface area contributed by atoms with E-state index in [1.807, 2.05) is 50.2 Å². The summed E-state index contributed by atoms with van der Waals surface area (Å²) in [5.74, 6) is 0.637. The number of hydrogen-bond acceptors (Lipinski definition) is 2. The van der Waals surface area contributed by atoms with Crippen LogP contribution in [0.1, 0.15) is 12.5 Å². The van der Waals surface area contributed by atoms with Gasteiger partial charge in [-0.25, -0.2) is 4.79 Å². The normalized spacial score (nSPS) is 10.7. The fourth-order valence-corrected chi connectivity index (χ4v) is 2.62. The maximum atomic E-state index is 12.2. The van der Waals surface area contributed by atoms with Gasteiger partial charge in [0, 0.05) is 11.8 Å². The molecule has 0 atom stereocenters. The summed E-state index contributed by atoms with van der Waals surface area (Å²) in [5, 5.41) is 0.522. The number of ether oxygens (including phenoxy) is 1. The Kier molecular flexibility index (Phi) is 4.26. The SMILES string of the molecule is CCOc1ccc(-c2cn(-c3ccc(C)cc3)c(=O)[nH]2)cc1Cl. The maximum absolute atomic E-state index is 12.2. The van der Waals surface area contributed by atoms with Gasteiger partial charge in [-0.3, -0.25) is 4.57 Å². The Balaban J connectivity index is 1.99. The Morgan fingerprint density at radius 1 is 1.17 bits per heavy atom. The zero-order chi connectivity index (χ0) is 16.4. The van der Waals surface area contributed by atoms with E-state index < -0.39 is 0 Å². The fraction of sp³-hybridized carbons (Fsp3) is 0.167. The fourth-order valence-electron chi connectivity index (χ4n) is 2.38. The maximum Gasteiger partial charge on any atom is 0.330 e. The molecule has 4 nitrogen and oxygen atoms in total. The van der Waals surface area contributed by atoms with Crippen LogP contribution in [-0.4, -0.2) is 16.2 Å². The van der Waals surface area contributed by atoms with Crippen LogP contribution in [0.25, 0.3) is 16.9 Å². The molecular weight excluding hydrogens is 312 g/mol. The molecule has 0 radical (unpaired) electrons. The van der Waals surface area contributed by atoms with Crippen LogP contribution in [0.15, 0.2) is 53.5 Å². The number of aromatic nitrogens is 2. The Morgan fingerprint density at radius 3 is 2.57 bits per heavy atom. The summed E-state index contributed by atoms with van der Waals surface area (Å²) in [7, 11) is 0. The number of H-pyrrole nitrogens is 1. The summed E-state index contributed by atoms with van der Waals surface area (Å²) in [5.41, 5.74) is 3.33. The number of halogens is 1. The van der Waals surface area contributed by atoms with Crippen molar-refractivity contribution in [2.24, 2.45) is 0 Å². The zero-order valence-electron chi connectivity index (χ0n) is 13.0. The van der Waals surface area contributed by atoms with E-state index in [1.54, 1.807) is 16.8 Å². The third kappa shape index (κ3) is 3.17. The van der Waals surface area contributed by atoms with E-state index in [4.69, 9.17) is 16.3 Å².